The number of benzene rings is 1. The summed E-state index contributed by atoms with van der Waals surface area (Å²) in [6, 6.07) is 6.03. The second-order valence-electron chi connectivity index (χ2n) is 4.30. The van der Waals surface area contributed by atoms with Gasteiger partial charge in [-0.05, 0) is 19.2 Å². The Morgan fingerprint density at radius 1 is 1.00 bits per heavy atom. The van der Waals surface area contributed by atoms with Crippen LogP contribution >= 0.6 is 0 Å². The van der Waals surface area contributed by atoms with Crippen LogP contribution in [0.1, 0.15) is 0 Å². The third kappa shape index (κ3) is 2.47. The van der Waals surface area contributed by atoms with E-state index in [9.17, 15) is 0 Å². The minimum Gasteiger partial charge on any atom is -0.493 e. The summed E-state index contributed by atoms with van der Waals surface area (Å²) in [6.07, 6.45) is 0. The topological polar surface area (TPSA) is 24.9 Å². The van der Waals surface area contributed by atoms with E-state index in [1.54, 1.807) is 14.2 Å². The number of rotatable bonds is 3. The molecule has 0 aliphatic carbocycles. The van der Waals surface area contributed by atoms with E-state index in [1.165, 1.54) is 0 Å². The largest absolute Gasteiger partial charge is 0.493 e. The first-order valence-electron chi connectivity index (χ1n) is 5.90. The number of nitrogens with zero attached hydrogens (tertiary/aromatic N) is 2. The first-order valence-corrected chi connectivity index (χ1v) is 5.90. The molecular formula is C13H20N2O2. The van der Waals surface area contributed by atoms with Gasteiger partial charge in [-0.1, -0.05) is 6.07 Å². The predicted molar refractivity (Wildman–Crippen MR) is 69.3 cm³/mol. The summed E-state index contributed by atoms with van der Waals surface area (Å²) in [6.45, 7) is 4.22. The van der Waals surface area contributed by atoms with Crippen LogP contribution in [-0.2, 0) is 0 Å². The molecule has 1 aromatic carbocycles. The number of likely N-dealkylation sites (N-methyl/N-ethyl adjacent to an activating group) is 1. The monoisotopic (exact) mass is 236 g/mol. The molecule has 4 heteroatoms. The lowest BCUT2D eigenvalue weighted by atomic mass is 10.2. The van der Waals surface area contributed by atoms with Crippen LogP contribution in [0.3, 0.4) is 0 Å². The van der Waals surface area contributed by atoms with Crippen LogP contribution in [0, 0.1) is 0 Å². The van der Waals surface area contributed by atoms with Gasteiger partial charge in [-0.25, -0.2) is 0 Å². The lowest BCUT2D eigenvalue weighted by Gasteiger charge is -2.34. The molecule has 0 aromatic heterocycles. The molecule has 1 aromatic rings. The van der Waals surface area contributed by atoms with Gasteiger partial charge >= 0.3 is 0 Å². The van der Waals surface area contributed by atoms with Crippen LogP contribution in [0.4, 0.5) is 5.69 Å². The van der Waals surface area contributed by atoms with Gasteiger partial charge < -0.3 is 19.3 Å². The van der Waals surface area contributed by atoms with Crippen LogP contribution in [0.5, 0.6) is 11.5 Å². The highest BCUT2D eigenvalue weighted by molar-refractivity contribution is 5.65. The molecule has 4 nitrogen and oxygen atoms in total. The minimum absolute atomic E-state index is 0.795. The highest BCUT2D eigenvalue weighted by Crippen LogP contribution is 2.37. The van der Waals surface area contributed by atoms with E-state index in [4.69, 9.17) is 9.47 Å². The van der Waals surface area contributed by atoms with Crippen LogP contribution < -0.4 is 14.4 Å². The summed E-state index contributed by atoms with van der Waals surface area (Å²) in [7, 11) is 5.52. The number of hydrogen-bond acceptors (Lipinski definition) is 4. The molecule has 0 atom stereocenters. The fourth-order valence-electron chi connectivity index (χ4n) is 2.17. The Labute approximate surface area is 103 Å². The number of methoxy groups -OCH3 is 2. The highest BCUT2D eigenvalue weighted by Gasteiger charge is 2.19. The van der Waals surface area contributed by atoms with Crippen molar-refractivity contribution < 1.29 is 9.47 Å². The summed E-state index contributed by atoms with van der Waals surface area (Å²) < 4.78 is 10.8. The molecule has 1 aliphatic heterocycles. The Balaban J connectivity index is 2.25. The van der Waals surface area contributed by atoms with Crippen molar-refractivity contribution in [1.82, 2.24) is 4.90 Å². The maximum atomic E-state index is 5.47. The Morgan fingerprint density at radius 3 is 2.29 bits per heavy atom. The Kier molecular flexibility index (Phi) is 3.74. The zero-order valence-corrected chi connectivity index (χ0v) is 10.8. The summed E-state index contributed by atoms with van der Waals surface area (Å²) in [5, 5.41) is 0. The fraction of sp³-hybridized carbons (Fsp3) is 0.538. The van der Waals surface area contributed by atoms with Crippen LogP contribution in [0.25, 0.3) is 0 Å². The molecule has 0 N–H and O–H groups in total. The van der Waals surface area contributed by atoms with Crippen molar-refractivity contribution in [3.8, 4) is 11.5 Å². The molecule has 2 rings (SSSR count). The van der Waals surface area contributed by atoms with Crippen molar-refractivity contribution in [1.29, 1.82) is 0 Å². The minimum atomic E-state index is 0.795. The first kappa shape index (κ1) is 12.0. The number of para-hydroxylation sites is 1. The standard InChI is InChI=1S/C13H20N2O2/c1-14-7-9-15(10-8-14)11-5-4-6-12(16-2)13(11)17-3/h4-6H,7-10H2,1-3H3. The molecule has 1 saturated heterocycles. The van der Waals surface area contributed by atoms with Gasteiger partial charge in [0.05, 0.1) is 19.9 Å². The Morgan fingerprint density at radius 2 is 1.71 bits per heavy atom. The second kappa shape index (κ2) is 5.27. The molecule has 0 spiro atoms. The normalized spacial score (nSPS) is 17.0. The summed E-state index contributed by atoms with van der Waals surface area (Å²) in [5.74, 6) is 1.63. The SMILES string of the molecule is COc1cccc(N2CCN(C)CC2)c1OC. The summed E-state index contributed by atoms with van der Waals surface area (Å²) in [4.78, 5) is 4.69. The molecular weight excluding hydrogens is 216 g/mol. The van der Waals surface area contributed by atoms with Gasteiger partial charge in [0.25, 0.3) is 0 Å². The van der Waals surface area contributed by atoms with E-state index < -0.39 is 0 Å². The maximum Gasteiger partial charge on any atom is 0.184 e. The lowest BCUT2D eigenvalue weighted by Crippen LogP contribution is -2.44. The molecule has 0 bridgehead atoms. The zero-order valence-electron chi connectivity index (χ0n) is 10.8. The zero-order chi connectivity index (χ0) is 12.3. The smallest absolute Gasteiger partial charge is 0.184 e. The van der Waals surface area contributed by atoms with E-state index >= 15 is 0 Å². The van der Waals surface area contributed by atoms with Gasteiger partial charge in [0.1, 0.15) is 0 Å². The van der Waals surface area contributed by atoms with E-state index in [-0.39, 0.29) is 0 Å². The highest BCUT2D eigenvalue weighted by atomic mass is 16.5. The summed E-state index contributed by atoms with van der Waals surface area (Å²) >= 11 is 0. The van der Waals surface area contributed by atoms with Crippen molar-refractivity contribution in [3.05, 3.63) is 18.2 Å². The molecule has 94 valence electrons. The number of ether oxygens (including phenoxy) is 2. The van der Waals surface area contributed by atoms with Crippen molar-refractivity contribution in [2.45, 2.75) is 0 Å². The predicted octanol–water partition coefficient (Wildman–Crippen LogP) is 1.46. The van der Waals surface area contributed by atoms with E-state index in [2.05, 4.69) is 22.9 Å². The Bertz CT molecular complexity index is 374. The third-order valence-electron chi connectivity index (χ3n) is 3.23. The fourth-order valence-corrected chi connectivity index (χ4v) is 2.17. The van der Waals surface area contributed by atoms with Crippen LogP contribution in [0.2, 0.25) is 0 Å². The molecule has 17 heavy (non-hydrogen) atoms. The average molecular weight is 236 g/mol. The van der Waals surface area contributed by atoms with Crippen molar-refractivity contribution in [3.63, 3.8) is 0 Å². The molecule has 0 amide bonds. The van der Waals surface area contributed by atoms with E-state index in [1.807, 2.05) is 12.1 Å². The molecule has 1 aliphatic rings. The quantitative estimate of drug-likeness (QED) is 0.793. The van der Waals surface area contributed by atoms with Gasteiger partial charge in [-0.3, -0.25) is 0 Å². The van der Waals surface area contributed by atoms with Gasteiger partial charge in [0, 0.05) is 26.2 Å². The van der Waals surface area contributed by atoms with Crippen molar-refractivity contribution >= 4 is 5.69 Å². The van der Waals surface area contributed by atoms with Gasteiger partial charge in [-0.15, -0.1) is 0 Å². The average Bonchev–Trinajstić information content (AvgIpc) is 2.38. The second-order valence-corrected chi connectivity index (χ2v) is 4.30. The molecule has 1 heterocycles. The molecule has 0 saturated carbocycles. The molecule has 0 unspecified atom stereocenters. The van der Waals surface area contributed by atoms with Gasteiger partial charge in [0.2, 0.25) is 0 Å². The van der Waals surface area contributed by atoms with Crippen molar-refractivity contribution in [2.75, 3.05) is 52.3 Å². The maximum absolute atomic E-state index is 5.47. The lowest BCUT2D eigenvalue weighted by molar-refractivity contribution is 0.309. The Hall–Kier alpha value is -1.42. The van der Waals surface area contributed by atoms with E-state index in [0.29, 0.717) is 0 Å². The number of anilines is 1. The van der Waals surface area contributed by atoms with Crippen LogP contribution in [0.15, 0.2) is 18.2 Å². The first-order chi connectivity index (χ1) is 8.26. The van der Waals surface area contributed by atoms with Crippen molar-refractivity contribution in [2.24, 2.45) is 0 Å². The molecule has 1 fully saturated rings. The van der Waals surface area contributed by atoms with E-state index in [0.717, 1.165) is 43.4 Å². The van der Waals surface area contributed by atoms with Gasteiger partial charge in [0.15, 0.2) is 11.5 Å². The summed E-state index contributed by atoms with van der Waals surface area (Å²) in [5.41, 5.74) is 1.12. The van der Waals surface area contributed by atoms with Gasteiger partial charge in [-0.2, -0.15) is 0 Å². The van der Waals surface area contributed by atoms with Crippen LogP contribution in [-0.4, -0.2) is 52.3 Å². The number of piperazine rings is 1. The number of hydrogen-bond donors (Lipinski definition) is 0. The third-order valence-corrected chi connectivity index (χ3v) is 3.23. The molecule has 0 radical (unpaired) electrons.